The molecule has 0 aromatic carbocycles. The van der Waals surface area contributed by atoms with Crippen LogP contribution in [0.2, 0.25) is 0 Å². The molecule has 0 saturated carbocycles. The normalized spacial score (nSPS) is 12.1. The number of aromatic nitrogens is 2. The summed E-state index contributed by atoms with van der Waals surface area (Å²) in [7, 11) is 1.93. The predicted molar refractivity (Wildman–Crippen MR) is 47.8 cm³/mol. The van der Waals surface area contributed by atoms with Gasteiger partial charge in [-0.2, -0.15) is 0 Å². The van der Waals surface area contributed by atoms with Crippen LogP contribution in [-0.2, 0) is 19.1 Å². The van der Waals surface area contributed by atoms with Crippen molar-refractivity contribution in [1.29, 1.82) is 0 Å². The molecule has 0 spiro atoms. The van der Waals surface area contributed by atoms with Crippen molar-refractivity contribution in [2.24, 2.45) is 7.05 Å². The molecule has 0 unspecified atom stereocenters. The zero-order chi connectivity index (χ0) is 9.35. The van der Waals surface area contributed by atoms with E-state index in [1.165, 1.54) is 0 Å². The summed E-state index contributed by atoms with van der Waals surface area (Å²) in [5, 5.41) is 8.94. The van der Waals surface area contributed by atoms with E-state index in [1.807, 2.05) is 11.6 Å². The van der Waals surface area contributed by atoms with Crippen molar-refractivity contribution in [3.05, 3.63) is 17.7 Å². The molecule has 0 bridgehead atoms. The van der Waals surface area contributed by atoms with Gasteiger partial charge in [-0.15, -0.1) is 0 Å². The van der Waals surface area contributed by atoms with Gasteiger partial charge in [-0.25, -0.2) is 4.98 Å². The molecule has 0 aliphatic heterocycles. The first kappa shape index (κ1) is 9.26. The van der Waals surface area contributed by atoms with E-state index in [9.17, 15) is 0 Å². The van der Waals surface area contributed by atoms with Crippen molar-refractivity contribution in [3.8, 4) is 0 Å². The molecule has 0 saturated heterocycles. The molecule has 1 heterocycles. The predicted octanol–water partition coefficient (Wildman–Crippen LogP) is 1.21. The monoisotopic (exact) mass is 168 g/mol. The van der Waals surface area contributed by atoms with Gasteiger partial charge in [-0.3, -0.25) is 0 Å². The van der Waals surface area contributed by atoms with Crippen LogP contribution >= 0.6 is 0 Å². The van der Waals surface area contributed by atoms with Gasteiger partial charge in [-0.05, 0) is 0 Å². The largest absolute Gasteiger partial charge is 0.390 e. The highest BCUT2D eigenvalue weighted by Crippen LogP contribution is 2.20. The zero-order valence-electron chi connectivity index (χ0n) is 8.13. The first-order chi connectivity index (χ1) is 5.46. The van der Waals surface area contributed by atoms with Crippen molar-refractivity contribution in [2.45, 2.75) is 32.8 Å². The molecule has 3 heteroatoms. The Labute approximate surface area is 73.1 Å². The first-order valence-corrected chi connectivity index (χ1v) is 4.08. The minimum Gasteiger partial charge on any atom is -0.390 e. The standard InChI is InChI=1S/C9H16N2O/c1-9(2,3)8-10-5-7(6-12)11(8)4/h5,12H,6H2,1-4H3. The third kappa shape index (κ3) is 1.50. The Hall–Kier alpha value is -0.830. The third-order valence-corrected chi connectivity index (χ3v) is 1.92. The lowest BCUT2D eigenvalue weighted by Gasteiger charge is -2.18. The molecule has 0 atom stereocenters. The summed E-state index contributed by atoms with van der Waals surface area (Å²) in [5.74, 6) is 1.01. The molecule has 0 amide bonds. The average molecular weight is 168 g/mol. The lowest BCUT2D eigenvalue weighted by Crippen LogP contribution is -2.18. The summed E-state index contributed by atoms with van der Waals surface area (Å²) in [6.07, 6.45) is 1.72. The van der Waals surface area contributed by atoms with Gasteiger partial charge >= 0.3 is 0 Å². The molecule has 68 valence electrons. The fourth-order valence-corrected chi connectivity index (χ4v) is 1.29. The van der Waals surface area contributed by atoms with E-state index in [-0.39, 0.29) is 12.0 Å². The van der Waals surface area contributed by atoms with Crippen molar-refractivity contribution < 1.29 is 5.11 Å². The fourth-order valence-electron chi connectivity index (χ4n) is 1.29. The molecule has 1 aromatic heterocycles. The Bertz CT molecular complexity index is 271. The Morgan fingerprint density at radius 3 is 2.33 bits per heavy atom. The van der Waals surface area contributed by atoms with Crippen LogP contribution in [-0.4, -0.2) is 14.7 Å². The number of imidazole rings is 1. The maximum Gasteiger partial charge on any atom is 0.114 e. The summed E-state index contributed by atoms with van der Waals surface area (Å²) in [4.78, 5) is 4.26. The summed E-state index contributed by atoms with van der Waals surface area (Å²) < 4.78 is 1.94. The zero-order valence-corrected chi connectivity index (χ0v) is 8.13. The van der Waals surface area contributed by atoms with Gasteiger partial charge in [0.2, 0.25) is 0 Å². The number of aliphatic hydroxyl groups is 1. The van der Waals surface area contributed by atoms with E-state index in [1.54, 1.807) is 6.20 Å². The molecule has 3 nitrogen and oxygen atoms in total. The number of nitrogens with zero attached hydrogens (tertiary/aromatic N) is 2. The Balaban J connectivity index is 3.11. The van der Waals surface area contributed by atoms with Crippen LogP contribution in [0.3, 0.4) is 0 Å². The van der Waals surface area contributed by atoms with Gasteiger partial charge in [0.1, 0.15) is 5.82 Å². The molecule has 1 aromatic rings. The van der Waals surface area contributed by atoms with Crippen molar-refractivity contribution in [2.75, 3.05) is 0 Å². The smallest absolute Gasteiger partial charge is 0.114 e. The fraction of sp³-hybridized carbons (Fsp3) is 0.667. The van der Waals surface area contributed by atoms with E-state index >= 15 is 0 Å². The minimum atomic E-state index is 0.0438. The molecule has 0 aliphatic rings. The van der Waals surface area contributed by atoms with Crippen molar-refractivity contribution in [3.63, 3.8) is 0 Å². The van der Waals surface area contributed by atoms with E-state index in [0.717, 1.165) is 11.5 Å². The maximum absolute atomic E-state index is 8.94. The van der Waals surface area contributed by atoms with E-state index in [4.69, 9.17) is 5.11 Å². The van der Waals surface area contributed by atoms with Crippen LogP contribution in [0.15, 0.2) is 6.20 Å². The highest BCUT2D eigenvalue weighted by molar-refractivity contribution is 5.10. The van der Waals surface area contributed by atoms with Gasteiger partial charge in [-0.1, -0.05) is 20.8 Å². The van der Waals surface area contributed by atoms with Gasteiger partial charge < -0.3 is 9.67 Å². The number of rotatable bonds is 1. The number of aliphatic hydroxyl groups excluding tert-OH is 1. The Kier molecular flexibility index (Phi) is 2.24. The highest BCUT2D eigenvalue weighted by Gasteiger charge is 2.19. The quantitative estimate of drug-likeness (QED) is 0.684. The summed E-state index contributed by atoms with van der Waals surface area (Å²) >= 11 is 0. The number of hydrogen-bond donors (Lipinski definition) is 1. The molecule has 12 heavy (non-hydrogen) atoms. The molecule has 0 aliphatic carbocycles. The summed E-state index contributed by atoms with van der Waals surface area (Å²) in [6.45, 7) is 6.38. The maximum atomic E-state index is 8.94. The first-order valence-electron chi connectivity index (χ1n) is 4.08. The lowest BCUT2D eigenvalue weighted by atomic mass is 9.96. The van der Waals surface area contributed by atoms with Gasteiger partial charge in [0.15, 0.2) is 0 Å². The average Bonchev–Trinajstić information content (AvgIpc) is 2.29. The van der Waals surface area contributed by atoms with Crippen LogP contribution in [0.1, 0.15) is 32.3 Å². The van der Waals surface area contributed by atoms with Gasteiger partial charge in [0.05, 0.1) is 18.5 Å². The summed E-state index contributed by atoms with van der Waals surface area (Å²) in [6, 6.07) is 0. The second-order valence-corrected chi connectivity index (χ2v) is 4.04. The second kappa shape index (κ2) is 2.90. The molecule has 1 N–H and O–H groups in total. The van der Waals surface area contributed by atoms with Crippen molar-refractivity contribution >= 4 is 0 Å². The van der Waals surface area contributed by atoms with Crippen LogP contribution in [0.5, 0.6) is 0 Å². The Morgan fingerprint density at radius 2 is 2.08 bits per heavy atom. The van der Waals surface area contributed by atoms with E-state index in [0.29, 0.717) is 0 Å². The van der Waals surface area contributed by atoms with E-state index < -0.39 is 0 Å². The van der Waals surface area contributed by atoms with Gasteiger partial charge in [0, 0.05) is 12.5 Å². The van der Waals surface area contributed by atoms with Crippen LogP contribution in [0.4, 0.5) is 0 Å². The lowest BCUT2D eigenvalue weighted by molar-refractivity contribution is 0.271. The highest BCUT2D eigenvalue weighted by atomic mass is 16.3. The molecule has 0 fully saturated rings. The minimum absolute atomic E-state index is 0.0438. The molecule has 0 radical (unpaired) electrons. The van der Waals surface area contributed by atoms with Crippen molar-refractivity contribution in [1.82, 2.24) is 9.55 Å². The topological polar surface area (TPSA) is 38.0 Å². The molecular formula is C9H16N2O. The SMILES string of the molecule is Cn1c(CO)cnc1C(C)(C)C. The molecular weight excluding hydrogens is 152 g/mol. The van der Waals surface area contributed by atoms with Gasteiger partial charge in [0.25, 0.3) is 0 Å². The Morgan fingerprint density at radius 1 is 1.50 bits per heavy atom. The van der Waals surface area contributed by atoms with Crippen LogP contribution < -0.4 is 0 Å². The number of hydrogen-bond acceptors (Lipinski definition) is 2. The molecule has 1 rings (SSSR count). The van der Waals surface area contributed by atoms with Crippen LogP contribution in [0.25, 0.3) is 0 Å². The third-order valence-electron chi connectivity index (χ3n) is 1.92. The summed E-state index contributed by atoms with van der Waals surface area (Å²) in [5.41, 5.74) is 0.905. The van der Waals surface area contributed by atoms with E-state index in [2.05, 4.69) is 25.8 Å². The second-order valence-electron chi connectivity index (χ2n) is 4.04. The van der Waals surface area contributed by atoms with Crippen LogP contribution in [0, 0.1) is 0 Å².